The van der Waals surface area contributed by atoms with E-state index in [1.807, 2.05) is 0 Å². The van der Waals surface area contributed by atoms with Crippen LogP contribution in [0.4, 0.5) is 10.1 Å². The Hall–Kier alpha value is -2.93. The second-order valence-electron chi connectivity index (χ2n) is 6.35. The number of benzene rings is 2. The Balaban J connectivity index is 1.62. The summed E-state index contributed by atoms with van der Waals surface area (Å²) in [6.45, 7) is 2.05. The van der Waals surface area contributed by atoms with Crippen LogP contribution in [0.1, 0.15) is 12.5 Å². The fraction of sp³-hybridized carbons (Fsp3) is 0.300. The van der Waals surface area contributed by atoms with E-state index in [1.165, 1.54) is 21.9 Å². The molecule has 2 aromatic carbocycles. The number of nitrogens with zero attached hydrogens (tertiary/aromatic N) is 2. The molecule has 1 aliphatic rings. The van der Waals surface area contributed by atoms with Crippen molar-refractivity contribution in [3.63, 3.8) is 0 Å². The Bertz CT molecular complexity index is 842. The zero-order chi connectivity index (χ0) is 19.4. The van der Waals surface area contributed by atoms with Crippen LogP contribution >= 0.6 is 0 Å². The van der Waals surface area contributed by atoms with Crippen molar-refractivity contribution in [1.82, 2.24) is 4.90 Å². The Kier molecular flexibility index (Phi) is 5.71. The topological polar surface area (TPSA) is 70.1 Å². The molecule has 1 N–H and O–H groups in total. The lowest BCUT2D eigenvalue weighted by atomic mass is 10.2. The smallest absolute Gasteiger partial charge is 0.263 e. The van der Waals surface area contributed by atoms with Gasteiger partial charge in [0.25, 0.3) is 5.91 Å². The number of carbonyl (C=O) groups excluding carboxylic acids is 2. The third kappa shape index (κ3) is 4.43. The molecule has 2 amide bonds. The number of carbonyl (C=O) groups is 2. The number of hydrogen-bond donors (Lipinski definition) is 1. The molecule has 1 atom stereocenters. The van der Waals surface area contributed by atoms with E-state index in [0.29, 0.717) is 30.1 Å². The van der Waals surface area contributed by atoms with Gasteiger partial charge in [-0.05, 0) is 42.8 Å². The van der Waals surface area contributed by atoms with Gasteiger partial charge in [0, 0.05) is 18.8 Å². The molecule has 1 aliphatic heterocycles. The average Bonchev–Trinajstić information content (AvgIpc) is 2.67. The quantitative estimate of drug-likeness (QED) is 0.871. The molecular weight excluding hydrogens is 351 g/mol. The van der Waals surface area contributed by atoms with Crippen LogP contribution < -0.4 is 9.64 Å². The van der Waals surface area contributed by atoms with Gasteiger partial charge in [0.05, 0.1) is 6.61 Å². The van der Waals surface area contributed by atoms with Crippen LogP contribution in [0.25, 0.3) is 0 Å². The molecule has 1 unspecified atom stereocenters. The van der Waals surface area contributed by atoms with E-state index in [-0.39, 0.29) is 25.0 Å². The number of amides is 2. The molecule has 142 valence electrons. The van der Waals surface area contributed by atoms with Gasteiger partial charge in [-0.2, -0.15) is 0 Å². The molecule has 0 saturated carbocycles. The summed E-state index contributed by atoms with van der Waals surface area (Å²) in [4.78, 5) is 28.0. The molecule has 7 heteroatoms. The molecule has 3 rings (SSSR count). The number of aliphatic hydroxyl groups is 1. The molecule has 0 aromatic heterocycles. The number of aliphatic hydroxyl groups excluding tert-OH is 1. The lowest BCUT2D eigenvalue weighted by molar-refractivity contribution is -0.142. The molecule has 1 saturated heterocycles. The highest BCUT2D eigenvalue weighted by atomic mass is 19.1. The van der Waals surface area contributed by atoms with E-state index in [1.54, 1.807) is 43.3 Å². The first-order valence-electron chi connectivity index (χ1n) is 8.69. The van der Waals surface area contributed by atoms with E-state index in [4.69, 9.17) is 4.74 Å². The molecule has 6 nitrogen and oxygen atoms in total. The van der Waals surface area contributed by atoms with Crippen LogP contribution in [0.15, 0.2) is 48.5 Å². The fourth-order valence-electron chi connectivity index (χ4n) is 3.01. The van der Waals surface area contributed by atoms with E-state index in [9.17, 15) is 19.1 Å². The largest absolute Gasteiger partial charge is 0.481 e. The van der Waals surface area contributed by atoms with E-state index in [2.05, 4.69) is 0 Å². The summed E-state index contributed by atoms with van der Waals surface area (Å²) >= 11 is 0. The zero-order valence-electron chi connectivity index (χ0n) is 15.0. The van der Waals surface area contributed by atoms with Crippen LogP contribution in [0, 0.1) is 5.82 Å². The maximum atomic E-state index is 13.4. The van der Waals surface area contributed by atoms with Crippen LogP contribution in [0.2, 0.25) is 0 Å². The minimum absolute atomic E-state index is 0.0836. The van der Waals surface area contributed by atoms with Crippen molar-refractivity contribution in [2.75, 3.05) is 24.5 Å². The minimum atomic E-state index is -0.771. The molecule has 27 heavy (non-hydrogen) atoms. The number of halogens is 1. The van der Waals surface area contributed by atoms with E-state index >= 15 is 0 Å². The maximum absolute atomic E-state index is 13.4. The van der Waals surface area contributed by atoms with Gasteiger partial charge in [-0.3, -0.25) is 9.59 Å². The Morgan fingerprint density at radius 3 is 2.70 bits per heavy atom. The molecular formula is C20H21FN2O4. The van der Waals surface area contributed by atoms with Crippen molar-refractivity contribution < 1.29 is 23.8 Å². The first-order valence-corrected chi connectivity index (χ1v) is 8.69. The molecule has 0 bridgehead atoms. The highest BCUT2D eigenvalue weighted by Crippen LogP contribution is 2.20. The summed E-state index contributed by atoms with van der Waals surface area (Å²) in [7, 11) is 0. The third-order valence-electron chi connectivity index (χ3n) is 4.39. The van der Waals surface area contributed by atoms with Crippen LogP contribution in [-0.2, 0) is 16.2 Å². The lowest BCUT2D eigenvalue weighted by Crippen LogP contribution is -2.54. The predicted octanol–water partition coefficient (Wildman–Crippen LogP) is 1.96. The maximum Gasteiger partial charge on any atom is 0.263 e. The molecule has 0 radical (unpaired) electrons. The summed E-state index contributed by atoms with van der Waals surface area (Å²) in [5.41, 5.74) is 1.17. The number of rotatable bonds is 5. The Morgan fingerprint density at radius 2 is 2.00 bits per heavy atom. The minimum Gasteiger partial charge on any atom is -0.481 e. The first-order chi connectivity index (χ1) is 13.0. The van der Waals surface area contributed by atoms with Crippen LogP contribution in [-0.4, -0.2) is 47.6 Å². The van der Waals surface area contributed by atoms with Crippen LogP contribution in [0.5, 0.6) is 5.75 Å². The van der Waals surface area contributed by atoms with E-state index in [0.717, 1.165) is 0 Å². The summed E-state index contributed by atoms with van der Waals surface area (Å²) < 4.78 is 19.0. The average molecular weight is 372 g/mol. The van der Waals surface area contributed by atoms with E-state index < -0.39 is 11.9 Å². The Labute approximate surface area is 156 Å². The third-order valence-corrected chi connectivity index (χ3v) is 4.39. The van der Waals surface area contributed by atoms with Crippen molar-refractivity contribution in [1.29, 1.82) is 0 Å². The molecule has 0 spiro atoms. The van der Waals surface area contributed by atoms with Gasteiger partial charge in [-0.1, -0.05) is 18.2 Å². The summed E-state index contributed by atoms with van der Waals surface area (Å²) in [6.07, 6.45) is -0.771. The SMILES string of the molecule is CC(Oc1cccc(CO)c1)C(=O)N1CCN(c2cccc(F)c2)C(=O)C1. The molecule has 2 aromatic rings. The van der Waals surface area contributed by atoms with Crippen molar-refractivity contribution >= 4 is 17.5 Å². The van der Waals surface area contributed by atoms with Crippen LogP contribution in [0.3, 0.4) is 0 Å². The summed E-state index contributed by atoms with van der Waals surface area (Å²) in [6, 6.07) is 12.7. The van der Waals surface area contributed by atoms with Gasteiger partial charge in [0.2, 0.25) is 5.91 Å². The number of hydrogen-bond acceptors (Lipinski definition) is 4. The van der Waals surface area contributed by atoms with Gasteiger partial charge in [-0.25, -0.2) is 4.39 Å². The number of ether oxygens (including phenoxy) is 1. The van der Waals surface area contributed by atoms with Crippen molar-refractivity contribution in [2.24, 2.45) is 0 Å². The van der Waals surface area contributed by atoms with Crippen molar-refractivity contribution in [3.05, 3.63) is 59.9 Å². The lowest BCUT2D eigenvalue weighted by Gasteiger charge is -2.35. The predicted molar refractivity (Wildman–Crippen MR) is 97.8 cm³/mol. The second-order valence-corrected chi connectivity index (χ2v) is 6.35. The number of anilines is 1. The summed E-state index contributed by atoms with van der Waals surface area (Å²) in [5, 5.41) is 9.18. The zero-order valence-corrected chi connectivity index (χ0v) is 15.0. The van der Waals surface area contributed by atoms with Crippen molar-refractivity contribution in [2.45, 2.75) is 19.6 Å². The standard InChI is InChI=1S/C20H21FN2O4/c1-14(27-18-7-2-4-15(10-18)13-24)20(26)22-8-9-23(19(25)12-22)17-6-3-5-16(21)11-17/h2-7,10-11,14,24H,8-9,12-13H2,1H3. The number of piperazine rings is 1. The normalized spacial score (nSPS) is 15.6. The first kappa shape index (κ1) is 18.8. The Morgan fingerprint density at radius 1 is 1.22 bits per heavy atom. The van der Waals surface area contributed by atoms with Gasteiger partial charge in [0.15, 0.2) is 6.10 Å². The second kappa shape index (κ2) is 8.18. The van der Waals surface area contributed by atoms with Gasteiger partial charge >= 0.3 is 0 Å². The molecule has 1 fully saturated rings. The highest BCUT2D eigenvalue weighted by molar-refractivity contribution is 5.98. The molecule has 1 heterocycles. The van der Waals surface area contributed by atoms with Gasteiger partial charge in [0.1, 0.15) is 18.1 Å². The van der Waals surface area contributed by atoms with Gasteiger partial charge in [-0.15, -0.1) is 0 Å². The van der Waals surface area contributed by atoms with Gasteiger partial charge < -0.3 is 19.6 Å². The monoisotopic (exact) mass is 372 g/mol. The highest BCUT2D eigenvalue weighted by Gasteiger charge is 2.31. The fourth-order valence-corrected chi connectivity index (χ4v) is 3.01. The summed E-state index contributed by atoms with van der Waals surface area (Å²) in [5.74, 6) is -0.496. The van der Waals surface area contributed by atoms with Crippen molar-refractivity contribution in [3.8, 4) is 5.75 Å². The molecule has 0 aliphatic carbocycles.